The zero-order chi connectivity index (χ0) is 21.2. The molecule has 2 aromatic rings. The van der Waals surface area contributed by atoms with E-state index in [1.54, 1.807) is 13.8 Å². The van der Waals surface area contributed by atoms with Crippen LogP contribution in [0.4, 0.5) is 11.6 Å². The molecule has 1 heterocycles. The van der Waals surface area contributed by atoms with Crippen LogP contribution < -0.4 is 4.31 Å². The van der Waals surface area contributed by atoms with E-state index in [1.807, 2.05) is 0 Å². The Morgan fingerprint density at radius 1 is 1.21 bits per heavy atom. The minimum atomic E-state index is -3.65. The SMILES string of the molecule is COC(=O)c1c(-c2ccc([N+](=O)[O-])cc2)nc(N(C)S(C)(=O)=O)nc1C(C)C. The first kappa shape index (κ1) is 21.2. The number of esters is 1. The van der Waals surface area contributed by atoms with Crippen molar-refractivity contribution in [1.82, 2.24) is 9.97 Å². The molecule has 0 amide bonds. The van der Waals surface area contributed by atoms with Crippen molar-refractivity contribution < 1.29 is 22.9 Å². The molecule has 0 atom stereocenters. The van der Waals surface area contributed by atoms with Crippen LogP contribution in [0.1, 0.15) is 35.8 Å². The number of benzene rings is 1. The summed E-state index contributed by atoms with van der Waals surface area (Å²) in [7, 11) is -1.14. The molecule has 0 N–H and O–H groups in total. The molecule has 28 heavy (non-hydrogen) atoms. The highest BCUT2D eigenvalue weighted by Crippen LogP contribution is 2.31. The fourth-order valence-corrected chi connectivity index (χ4v) is 2.80. The topological polar surface area (TPSA) is 133 Å². The Hall–Kier alpha value is -3.08. The van der Waals surface area contributed by atoms with E-state index >= 15 is 0 Å². The largest absolute Gasteiger partial charge is 0.465 e. The summed E-state index contributed by atoms with van der Waals surface area (Å²) in [5.74, 6) is -1.06. The Kier molecular flexibility index (Phi) is 5.98. The predicted octanol–water partition coefficient (Wildman–Crippen LogP) is 2.36. The van der Waals surface area contributed by atoms with Gasteiger partial charge in [0.25, 0.3) is 5.69 Å². The average Bonchev–Trinajstić information content (AvgIpc) is 2.64. The lowest BCUT2D eigenvalue weighted by Gasteiger charge is -2.20. The number of hydrogen-bond acceptors (Lipinski definition) is 8. The van der Waals surface area contributed by atoms with Crippen LogP contribution in [-0.4, -0.2) is 49.7 Å². The molecule has 0 radical (unpaired) electrons. The summed E-state index contributed by atoms with van der Waals surface area (Å²) in [5, 5.41) is 10.9. The molecule has 10 nitrogen and oxygen atoms in total. The van der Waals surface area contributed by atoms with E-state index < -0.39 is 20.9 Å². The molecule has 0 fully saturated rings. The molecule has 0 spiro atoms. The third-order valence-corrected chi connectivity index (χ3v) is 5.15. The van der Waals surface area contributed by atoms with Crippen LogP contribution in [0.25, 0.3) is 11.3 Å². The van der Waals surface area contributed by atoms with Gasteiger partial charge in [0.05, 0.1) is 29.7 Å². The third kappa shape index (κ3) is 4.25. The van der Waals surface area contributed by atoms with Gasteiger partial charge in [-0.25, -0.2) is 27.5 Å². The Morgan fingerprint density at radius 2 is 1.79 bits per heavy atom. The second-order valence-electron chi connectivity index (χ2n) is 6.31. The van der Waals surface area contributed by atoms with E-state index in [1.165, 1.54) is 38.4 Å². The van der Waals surface area contributed by atoms with Crippen LogP contribution in [0, 0.1) is 10.1 Å². The molecule has 0 unspecified atom stereocenters. The van der Waals surface area contributed by atoms with Crippen molar-refractivity contribution in [1.29, 1.82) is 0 Å². The van der Waals surface area contributed by atoms with E-state index in [0.717, 1.165) is 10.6 Å². The number of nitro groups is 1. The van der Waals surface area contributed by atoms with Crippen molar-refractivity contribution in [3.63, 3.8) is 0 Å². The fourth-order valence-electron chi connectivity index (χ4n) is 2.43. The van der Waals surface area contributed by atoms with Crippen molar-refractivity contribution >= 4 is 27.6 Å². The summed E-state index contributed by atoms with van der Waals surface area (Å²) in [6.07, 6.45) is 1.01. The van der Waals surface area contributed by atoms with E-state index in [9.17, 15) is 23.3 Å². The first-order valence-electron chi connectivity index (χ1n) is 8.16. The summed E-state index contributed by atoms with van der Waals surface area (Å²) in [6.45, 7) is 3.58. The highest BCUT2D eigenvalue weighted by Gasteiger charge is 2.27. The van der Waals surface area contributed by atoms with E-state index in [4.69, 9.17) is 4.74 Å². The van der Waals surface area contributed by atoms with Crippen LogP contribution >= 0.6 is 0 Å². The number of carbonyl (C=O) groups is 1. The number of carbonyl (C=O) groups excluding carboxylic acids is 1. The van der Waals surface area contributed by atoms with Gasteiger partial charge in [0.2, 0.25) is 16.0 Å². The molecule has 0 saturated carbocycles. The molecule has 0 aliphatic rings. The summed E-state index contributed by atoms with van der Waals surface area (Å²) in [6, 6.07) is 5.41. The van der Waals surface area contributed by atoms with E-state index in [-0.39, 0.29) is 28.8 Å². The maximum atomic E-state index is 12.4. The van der Waals surface area contributed by atoms with Crippen LogP contribution in [0.15, 0.2) is 24.3 Å². The molecule has 0 aliphatic heterocycles. The van der Waals surface area contributed by atoms with E-state index in [2.05, 4.69) is 9.97 Å². The first-order chi connectivity index (χ1) is 13.0. The van der Waals surface area contributed by atoms with Crippen LogP contribution in [-0.2, 0) is 14.8 Å². The lowest BCUT2D eigenvalue weighted by Crippen LogP contribution is -2.28. The van der Waals surface area contributed by atoms with E-state index in [0.29, 0.717) is 11.3 Å². The average molecular weight is 408 g/mol. The lowest BCUT2D eigenvalue weighted by molar-refractivity contribution is -0.384. The van der Waals surface area contributed by atoms with Crippen LogP contribution in [0.5, 0.6) is 0 Å². The number of non-ortho nitro benzene ring substituents is 1. The van der Waals surface area contributed by atoms with Crippen molar-refractivity contribution in [2.24, 2.45) is 0 Å². The summed E-state index contributed by atoms with van der Waals surface area (Å²) in [4.78, 5) is 31.3. The minimum Gasteiger partial charge on any atom is -0.465 e. The smallest absolute Gasteiger partial charge is 0.341 e. The van der Waals surface area contributed by atoms with Gasteiger partial charge in [0.15, 0.2) is 0 Å². The number of hydrogen-bond donors (Lipinski definition) is 0. The van der Waals surface area contributed by atoms with Gasteiger partial charge < -0.3 is 4.74 Å². The maximum absolute atomic E-state index is 12.4. The van der Waals surface area contributed by atoms with Gasteiger partial charge in [-0.1, -0.05) is 13.8 Å². The number of anilines is 1. The number of nitrogens with zero attached hydrogens (tertiary/aromatic N) is 4. The van der Waals surface area contributed by atoms with Crippen molar-refractivity contribution in [3.8, 4) is 11.3 Å². The number of aromatic nitrogens is 2. The molecular weight excluding hydrogens is 388 g/mol. The number of sulfonamides is 1. The van der Waals surface area contributed by atoms with Crippen molar-refractivity contribution in [2.75, 3.05) is 24.7 Å². The van der Waals surface area contributed by atoms with Gasteiger partial charge in [-0.05, 0) is 18.1 Å². The van der Waals surface area contributed by atoms with Gasteiger partial charge in [-0.2, -0.15) is 0 Å². The number of methoxy groups -OCH3 is 1. The summed E-state index contributed by atoms with van der Waals surface area (Å²) in [5.41, 5.74) is 0.775. The summed E-state index contributed by atoms with van der Waals surface area (Å²) >= 11 is 0. The molecule has 1 aromatic carbocycles. The zero-order valence-electron chi connectivity index (χ0n) is 16.0. The quantitative estimate of drug-likeness (QED) is 0.404. The molecular formula is C17H20N4O6S. The van der Waals surface area contributed by atoms with Gasteiger partial charge in [0, 0.05) is 24.7 Å². The number of rotatable bonds is 6. The monoisotopic (exact) mass is 408 g/mol. The molecule has 0 bridgehead atoms. The molecule has 11 heteroatoms. The second-order valence-corrected chi connectivity index (χ2v) is 8.33. The second kappa shape index (κ2) is 7.89. The van der Waals surface area contributed by atoms with Gasteiger partial charge >= 0.3 is 5.97 Å². The van der Waals surface area contributed by atoms with Crippen molar-refractivity contribution in [2.45, 2.75) is 19.8 Å². The van der Waals surface area contributed by atoms with Crippen LogP contribution in [0.3, 0.4) is 0 Å². The Bertz CT molecular complexity index is 1020. The van der Waals surface area contributed by atoms with Crippen molar-refractivity contribution in [3.05, 3.63) is 45.6 Å². The van der Waals surface area contributed by atoms with Gasteiger partial charge in [0.1, 0.15) is 5.56 Å². The maximum Gasteiger partial charge on any atom is 0.341 e. The number of nitro benzene ring substituents is 1. The fraction of sp³-hybridized carbons (Fsp3) is 0.353. The first-order valence-corrected chi connectivity index (χ1v) is 10.0. The number of ether oxygens (including phenoxy) is 1. The molecule has 0 aliphatic carbocycles. The third-order valence-electron chi connectivity index (χ3n) is 3.99. The Balaban J connectivity index is 2.84. The Labute approximate surface area is 162 Å². The van der Waals surface area contributed by atoms with Gasteiger partial charge in [-0.3, -0.25) is 10.1 Å². The van der Waals surface area contributed by atoms with Crippen LogP contribution in [0.2, 0.25) is 0 Å². The molecule has 150 valence electrons. The Morgan fingerprint density at radius 3 is 2.21 bits per heavy atom. The molecule has 2 rings (SSSR count). The summed E-state index contributed by atoms with van der Waals surface area (Å²) < 4.78 is 29.6. The minimum absolute atomic E-state index is 0.0806. The lowest BCUT2D eigenvalue weighted by atomic mass is 9.98. The molecule has 0 saturated heterocycles. The molecule has 1 aromatic heterocycles. The highest BCUT2D eigenvalue weighted by molar-refractivity contribution is 7.92. The predicted molar refractivity (Wildman–Crippen MR) is 103 cm³/mol. The van der Waals surface area contributed by atoms with Gasteiger partial charge in [-0.15, -0.1) is 0 Å². The normalized spacial score (nSPS) is 11.4. The highest BCUT2D eigenvalue weighted by atomic mass is 32.2. The zero-order valence-corrected chi connectivity index (χ0v) is 16.8. The standard InChI is InChI=1S/C17H20N4O6S/c1-10(2)14-13(16(22)27-4)15(11-6-8-12(9-7-11)21(23)24)19-17(18-14)20(3)28(5,25)26/h6-10H,1-5H3.